The Labute approximate surface area is 105 Å². The fraction of sp³-hybridized carbons (Fsp3) is 0.583. The van der Waals surface area contributed by atoms with Crippen LogP contribution in [0, 0.1) is 23.0 Å². The minimum absolute atomic E-state index is 0.0463. The Morgan fingerprint density at radius 3 is 2.89 bits per heavy atom. The molecule has 1 aliphatic rings. The Balaban J connectivity index is 2.16. The summed E-state index contributed by atoms with van der Waals surface area (Å²) in [7, 11) is 0. The van der Waals surface area contributed by atoms with Crippen molar-refractivity contribution in [3.63, 3.8) is 0 Å². The van der Waals surface area contributed by atoms with E-state index in [1.807, 2.05) is 0 Å². The molecule has 1 saturated heterocycles. The van der Waals surface area contributed by atoms with E-state index in [1.54, 1.807) is 19.9 Å². The van der Waals surface area contributed by atoms with Crippen LogP contribution < -0.4 is 4.90 Å². The lowest BCUT2D eigenvalue weighted by Gasteiger charge is -2.18. The van der Waals surface area contributed by atoms with Crippen molar-refractivity contribution in [3.05, 3.63) is 27.9 Å². The van der Waals surface area contributed by atoms with Gasteiger partial charge < -0.3 is 10.0 Å². The molecule has 1 aliphatic heterocycles. The van der Waals surface area contributed by atoms with E-state index in [9.17, 15) is 15.2 Å². The Morgan fingerprint density at radius 1 is 1.67 bits per heavy atom. The van der Waals surface area contributed by atoms with E-state index in [0.717, 1.165) is 25.3 Å². The minimum atomic E-state index is -0.422. The summed E-state index contributed by atoms with van der Waals surface area (Å²) in [5.74, 6) is 1.00. The molecule has 0 amide bonds. The standard InChI is InChI=1S/C12H17N3O3/c1-8-5-12(13-6-11(8)15(17)18)14-4-3-10(7-14)9(2)16/h5-6,9-10,16H,3-4,7H2,1-2H3. The molecule has 0 bridgehead atoms. The maximum atomic E-state index is 10.7. The molecule has 0 saturated carbocycles. The van der Waals surface area contributed by atoms with Gasteiger partial charge in [-0.25, -0.2) is 4.98 Å². The van der Waals surface area contributed by atoms with Gasteiger partial charge in [-0.05, 0) is 26.3 Å². The Morgan fingerprint density at radius 2 is 2.39 bits per heavy atom. The number of anilines is 1. The highest BCUT2D eigenvalue weighted by molar-refractivity contribution is 5.49. The number of rotatable bonds is 3. The summed E-state index contributed by atoms with van der Waals surface area (Å²) in [6.07, 6.45) is 1.91. The number of aromatic nitrogens is 1. The molecular formula is C12H17N3O3. The number of aryl methyl sites for hydroxylation is 1. The molecule has 1 fully saturated rings. The lowest BCUT2D eigenvalue weighted by atomic mass is 10.0. The first-order valence-corrected chi connectivity index (χ1v) is 6.03. The zero-order valence-electron chi connectivity index (χ0n) is 10.5. The first-order valence-electron chi connectivity index (χ1n) is 6.03. The molecule has 0 spiro atoms. The smallest absolute Gasteiger partial charge is 0.290 e. The number of nitro groups is 1. The van der Waals surface area contributed by atoms with Crippen molar-refractivity contribution in [1.82, 2.24) is 4.98 Å². The summed E-state index contributed by atoms with van der Waals surface area (Å²) in [5.41, 5.74) is 0.663. The highest BCUT2D eigenvalue weighted by Gasteiger charge is 2.27. The normalized spacial score (nSPS) is 21.1. The summed E-state index contributed by atoms with van der Waals surface area (Å²) in [5, 5.41) is 20.3. The van der Waals surface area contributed by atoms with Crippen LogP contribution in [0.3, 0.4) is 0 Å². The molecule has 2 heterocycles. The summed E-state index contributed by atoms with van der Waals surface area (Å²) < 4.78 is 0. The van der Waals surface area contributed by atoms with Crippen LogP contribution >= 0.6 is 0 Å². The first kappa shape index (κ1) is 12.8. The zero-order valence-corrected chi connectivity index (χ0v) is 10.5. The third kappa shape index (κ3) is 2.43. The monoisotopic (exact) mass is 251 g/mol. The molecule has 1 aromatic heterocycles. The number of hydrogen-bond donors (Lipinski definition) is 1. The van der Waals surface area contributed by atoms with E-state index in [-0.39, 0.29) is 17.7 Å². The molecule has 2 rings (SSSR count). The topological polar surface area (TPSA) is 79.5 Å². The van der Waals surface area contributed by atoms with Gasteiger partial charge in [-0.15, -0.1) is 0 Å². The zero-order chi connectivity index (χ0) is 13.3. The molecule has 2 unspecified atom stereocenters. The van der Waals surface area contributed by atoms with E-state index >= 15 is 0 Å². The summed E-state index contributed by atoms with van der Waals surface area (Å²) >= 11 is 0. The highest BCUT2D eigenvalue weighted by Crippen LogP contribution is 2.27. The minimum Gasteiger partial charge on any atom is -0.393 e. The fourth-order valence-electron chi connectivity index (χ4n) is 2.29. The van der Waals surface area contributed by atoms with Crippen molar-refractivity contribution in [2.75, 3.05) is 18.0 Å². The molecule has 18 heavy (non-hydrogen) atoms. The molecule has 0 aromatic carbocycles. The largest absolute Gasteiger partial charge is 0.393 e. The van der Waals surface area contributed by atoms with Gasteiger partial charge in [-0.3, -0.25) is 10.1 Å². The lowest BCUT2D eigenvalue weighted by molar-refractivity contribution is -0.385. The van der Waals surface area contributed by atoms with Crippen molar-refractivity contribution >= 4 is 11.5 Å². The maximum absolute atomic E-state index is 10.7. The predicted molar refractivity (Wildman–Crippen MR) is 67.6 cm³/mol. The quantitative estimate of drug-likeness (QED) is 0.650. The van der Waals surface area contributed by atoms with Crippen molar-refractivity contribution in [2.45, 2.75) is 26.4 Å². The van der Waals surface area contributed by atoms with Crippen molar-refractivity contribution < 1.29 is 10.0 Å². The molecule has 0 aliphatic carbocycles. The van der Waals surface area contributed by atoms with Gasteiger partial charge in [0, 0.05) is 24.6 Å². The van der Waals surface area contributed by atoms with Crippen LogP contribution in [-0.2, 0) is 0 Å². The van der Waals surface area contributed by atoms with E-state index in [1.165, 1.54) is 6.20 Å². The molecule has 98 valence electrons. The summed E-state index contributed by atoms with van der Waals surface area (Å²) in [6.45, 7) is 5.09. The van der Waals surface area contributed by atoms with Gasteiger partial charge in [0.2, 0.25) is 0 Å². The average Bonchev–Trinajstić information content (AvgIpc) is 2.77. The van der Waals surface area contributed by atoms with Crippen molar-refractivity contribution in [2.24, 2.45) is 5.92 Å². The van der Waals surface area contributed by atoms with Crippen LogP contribution in [0.2, 0.25) is 0 Å². The molecule has 6 heteroatoms. The van der Waals surface area contributed by atoms with E-state index in [0.29, 0.717) is 5.56 Å². The molecular weight excluding hydrogens is 234 g/mol. The second-order valence-corrected chi connectivity index (χ2v) is 4.82. The van der Waals surface area contributed by atoms with Crippen LogP contribution in [-0.4, -0.2) is 34.2 Å². The second kappa shape index (κ2) is 4.89. The van der Waals surface area contributed by atoms with Crippen molar-refractivity contribution in [1.29, 1.82) is 0 Å². The van der Waals surface area contributed by atoms with E-state index < -0.39 is 4.92 Å². The van der Waals surface area contributed by atoms with Crippen LogP contribution in [0.4, 0.5) is 11.5 Å². The maximum Gasteiger partial charge on any atom is 0.290 e. The summed E-state index contributed by atoms with van der Waals surface area (Å²) in [4.78, 5) is 16.5. The Bertz CT molecular complexity index is 462. The van der Waals surface area contributed by atoms with Gasteiger partial charge in [0.15, 0.2) is 0 Å². The fourth-order valence-corrected chi connectivity index (χ4v) is 2.29. The highest BCUT2D eigenvalue weighted by atomic mass is 16.6. The molecule has 1 aromatic rings. The van der Waals surface area contributed by atoms with E-state index in [2.05, 4.69) is 9.88 Å². The van der Waals surface area contributed by atoms with E-state index in [4.69, 9.17) is 0 Å². The SMILES string of the molecule is Cc1cc(N2CCC(C(C)O)C2)ncc1[N+](=O)[O-]. The average molecular weight is 251 g/mol. The Hall–Kier alpha value is -1.69. The number of aliphatic hydroxyl groups is 1. The van der Waals surface area contributed by atoms with Gasteiger partial charge in [-0.1, -0.05) is 0 Å². The van der Waals surface area contributed by atoms with Crippen LogP contribution in [0.5, 0.6) is 0 Å². The second-order valence-electron chi connectivity index (χ2n) is 4.82. The lowest BCUT2D eigenvalue weighted by Crippen LogP contribution is -2.24. The third-order valence-electron chi connectivity index (χ3n) is 3.50. The van der Waals surface area contributed by atoms with Crippen LogP contribution in [0.1, 0.15) is 18.9 Å². The molecule has 2 atom stereocenters. The third-order valence-corrected chi connectivity index (χ3v) is 3.50. The summed E-state index contributed by atoms with van der Waals surface area (Å²) in [6, 6.07) is 1.74. The number of hydrogen-bond acceptors (Lipinski definition) is 5. The molecule has 6 nitrogen and oxygen atoms in total. The number of pyridine rings is 1. The Kier molecular flexibility index (Phi) is 3.47. The van der Waals surface area contributed by atoms with Gasteiger partial charge in [0.05, 0.1) is 11.0 Å². The number of nitrogens with zero attached hydrogens (tertiary/aromatic N) is 3. The molecule has 0 radical (unpaired) electrons. The van der Waals surface area contributed by atoms with Gasteiger partial charge in [0.25, 0.3) is 5.69 Å². The molecule has 1 N–H and O–H groups in total. The van der Waals surface area contributed by atoms with Gasteiger partial charge in [-0.2, -0.15) is 0 Å². The number of aliphatic hydroxyl groups excluding tert-OH is 1. The first-order chi connectivity index (χ1) is 8.49. The van der Waals surface area contributed by atoms with Crippen LogP contribution in [0.25, 0.3) is 0 Å². The van der Waals surface area contributed by atoms with Gasteiger partial charge in [0.1, 0.15) is 12.0 Å². The van der Waals surface area contributed by atoms with Crippen molar-refractivity contribution in [3.8, 4) is 0 Å². The van der Waals surface area contributed by atoms with Gasteiger partial charge >= 0.3 is 0 Å². The van der Waals surface area contributed by atoms with Crippen LogP contribution in [0.15, 0.2) is 12.3 Å². The predicted octanol–water partition coefficient (Wildman–Crippen LogP) is 1.51.